The van der Waals surface area contributed by atoms with Gasteiger partial charge in [0.25, 0.3) is 0 Å². The van der Waals surface area contributed by atoms with E-state index < -0.39 is 0 Å². The van der Waals surface area contributed by atoms with Gasteiger partial charge in [0.15, 0.2) is 5.82 Å². The van der Waals surface area contributed by atoms with E-state index in [1.807, 2.05) is 54.7 Å². The Labute approximate surface area is 214 Å². The molecule has 5 heterocycles. The summed E-state index contributed by atoms with van der Waals surface area (Å²) in [7, 11) is 1.91. The number of rotatable bonds is 5. The summed E-state index contributed by atoms with van der Waals surface area (Å²) < 4.78 is 17.0. The van der Waals surface area contributed by atoms with Crippen molar-refractivity contribution in [2.75, 3.05) is 36.0 Å². The monoisotopic (exact) mass is 497 g/mol. The summed E-state index contributed by atoms with van der Waals surface area (Å²) in [5.74, 6) is 1.40. The van der Waals surface area contributed by atoms with Crippen molar-refractivity contribution in [1.82, 2.24) is 34.3 Å². The van der Waals surface area contributed by atoms with Gasteiger partial charge in [-0.3, -0.25) is 4.68 Å². The highest BCUT2D eigenvalue weighted by atomic mass is 19.1. The molecule has 0 aliphatic carbocycles. The molecule has 188 valence electrons. The van der Waals surface area contributed by atoms with Crippen LogP contribution in [-0.4, -0.2) is 60.5 Å². The first-order valence-electron chi connectivity index (χ1n) is 12.3. The van der Waals surface area contributed by atoms with E-state index in [9.17, 15) is 4.39 Å². The zero-order valence-electron chi connectivity index (χ0n) is 21.1. The van der Waals surface area contributed by atoms with Crippen molar-refractivity contribution in [2.24, 2.45) is 7.05 Å². The van der Waals surface area contributed by atoms with Crippen LogP contribution in [0.1, 0.15) is 25.0 Å². The molecule has 0 bridgehead atoms. The molecule has 1 aliphatic rings. The summed E-state index contributed by atoms with van der Waals surface area (Å²) in [4.78, 5) is 18.5. The highest BCUT2D eigenvalue weighted by Crippen LogP contribution is 2.31. The quantitative estimate of drug-likeness (QED) is 0.366. The normalized spacial score (nSPS) is 14.5. The molecule has 0 N–H and O–H groups in total. The topological polar surface area (TPSA) is 80.3 Å². The second kappa shape index (κ2) is 8.95. The Bertz CT molecular complexity index is 1530. The fourth-order valence-electron chi connectivity index (χ4n) is 4.85. The molecule has 0 unspecified atom stereocenters. The van der Waals surface area contributed by atoms with E-state index in [1.165, 1.54) is 12.1 Å². The lowest BCUT2D eigenvalue weighted by atomic mass is 9.79. The maximum absolute atomic E-state index is 13.4. The van der Waals surface area contributed by atoms with Gasteiger partial charge in [-0.15, -0.1) is 0 Å². The summed E-state index contributed by atoms with van der Waals surface area (Å²) in [5, 5.41) is 8.69. The molecule has 0 spiro atoms. The van der Waals surface area contributed by atoms with Gasteiger partial charge in [0.1, 0.15) is 17.7 Å². The van der Waals surface area contributed by atoms with Gasteiger partial charge in [-0.25, -0.2) is 23.9 Å². The van der Waals surface area contributed by atoms with Crippen LogP contribution in [0.2, 0.25) is 0 Å². The molecule has 0 atom stereocenters. The van der Waals surface area contributed by atoms with Gasteiger partial charge in [-0.1, -0.05) is 26.0 Å². The van der Waals surface area contributed by atoms with Crippen molar-refractivity contribution in [2.45, 2.75) is 19.3 Å². The molecular weight excluding hydrogens is 469 g/mol. The first-order chi connectivity index (χ1) is 17.9. The molecule has 0 radical (unpaired) electrons. The number of hydrogen-bond acceptors (Lipinski definition) is 7. The molecule has 6 rings (SSSR count). The minimum atomic E-state index is -0.324. The van der Waals surface area contributed by atoms with E-state index in [1.54, 1.807) is 11.0 Å². The lowest BCUT2D eigenvalue weighted by Gasteiger charge is -2.35. The SMILES string of the molecule is Cn1cc(-c2cc3c(N4CCN(c5ncc(C(C)(C)c6ccc(F)cc6)cn5)CC4)ncnn3c2)cn1. The first-order valence-corrected chi connectivity index (χ1v) is 12.3. The minimum absolute atomic E-state index is 0.237. The predicted octanol–water partition coefficient (Wildman–Crippen LogP) is 3.71. The average molecular weight is 498 g/mol. The van der Waals surface area contributed by atoms with Crippen LogP contribution in [0, 0.1) is 5.82 Å². The molecule has 1 aliphatic heterocycles. The summed E-state index contributed by atoms with van der Waals surface area (Å²) >= 11 is 0. The van der Waals surface area contributed by atoms with Gasteiger partial charge in [0.2, 0.25) is 5.95 Å². The predicted molar refractivity (Wildman–Crippen MR) is 140 cm³/mol. The molecule has 1 fully saturated rings. The molecule has 9 nitrogen and oxygen atoms in total. The number of piperazine rings is 1. The smallest absolute Gasteiger partial charge is 0.225 e. The second-order valence-electron chi connectivity index (χ2n) is 9.92. The number of fused-ring (bicyclic) bond motifs is 1. The van der Waals surface area contributed by atoms with Crippen molar-refractivity contribution < 1.29 is 4.39 Å². The summed E-state index contributed by atoms with van der Waals surface area (Å²) in [6.45, 7) is 7.36. The first kappa shape index (κ1) is 23.1. The number of anilines is 2. The minimum Gasteiger partial charge on any atom is -0.351 e. The van der Waals surface area contributed by atoms with Crippen LogP contribution in [0.3, 0.4) is 0 Å². The molecule has 37 heavy (non-hydrogen) atoms. The average Bonchev–Trinajstić information content (AvgIpc) is 3.55. The maximum atomic E-state index is 13.4. The van der Waals surface area contributed by atoms with Gasteiger partial charge in [-0.2, -0.15) is 10.2 Å². The third kappa shape index (κ3) is 4.28. The van der Waals surface area contributed by atoms with E-state index in [-0.39, 0.29) is 11.2 Å². The number of aryl methyl sites for hydroxylation is 1. The molecule has 0 amide bonds. The molecule has 10 heteroatoms. The third-order valence-electron chi connectivity index (χ3n) is 7.21. The van der Waals surface area contributed by atoms with Crippen LogP contribution in [0.5, 0.6) is 0 Å². The summed E-state index contributed by atoms with van der Waals surface area (Å²) in [6.07, 6.45) is 11.2. The van der Waals surface area contributed by atoms with Gasteiger partial charge < -0.3 is 9.80 Å². The number of aromatic nitrogens is 7. The Hall–Kier alpha value is -4.34. The van der Waals surface area contributed by atoms with Crippen LogP contribution < -0.4 is 9.80 Å². The van der Waals surface area contributed by atoms with Crippen LogP contribution in [0.15, 0.2) is 67.6 Å². The molecule has 1 aromatic carbocycles. The van der Waals surface area contributed by atoms with Gasteiger partial charge in [-0.05, 0) is 29.3 Å². The van der Waals surface area contributed by atoms with Crippen LogP contribution in [0.25, 0.3) is 16.6 Å². The van der Waals surface area contributed by atoms with E-state index in [4.69, 9.17) is 0 Å². The number of hydrogen-bond donors (Lipinski definition) is 0. The number of benzene rings is 1. The van der Waals surface area contributed by atoms with E-state index in [0.717, 1.165) is 59.8 Å². The highest BCUT2D eigenvalue weighted by molar-refractivity contribution is 5.77. The lowest BCUT2D eigenvalue weighted by Crippen LogP contribution is -2.47. The number of nitrogens with zero attached hydrogens (tertiary/aromatic N) is 9. The summed E-state index contributed by atoms with van der Waals surface area (Å²) in [5.41, 5.74) is 4.76. The van der Waals surface area contributed by atoms with Crippen molar-refractivity contribution in [3.8, 4) is 11.1 Å². The van der Waals surface area contributed by atoms with Gasteiger partial charge in [0, 0.05) is 74.6 Å². The second-order valence-corrected chi connectivity index (χ2v) is 9.92. The Kier molecular flexibility index (Phi) is 5.58. The van der Waals surface area contributed by atoms with E-state index in [0.29, 0.717) is 5.95 Å². The molecular formula is C27H28FN9. The fourth-order valence-corrected chi connectivity index (χ4v) is 4.85. The molecule has 1 saturated heterocycles. The fraction of sp³-hybridized carbons (Fsp3) is 0.296. The van der Waals surface area contributed by atoms with Gasteiger partial charge >= 0.3 is 0 Å². The Balaban J connectivity index is 1.17. The zero-order valence-corrected chi connectivity index (χ0v) is 21.1. The summed E-state index contributed by atoms with van der Waals surface area (Å²) in [6, 6.07) is 8.73. The van der Waals surface area contributed by atoms with Crippen molar-refractivity contribution in [3.05, 3.63) is 84.6 Å². The van der Waals surface area contributed by atoms with E-state index in [2.05, 4.69) is 54.9 Å². The zero-order chi connectivity index (χ0) is 25.6. The maximum Gasteiger partial charge on any atom is 0.225 e. The highest BCUT2D eigenvalue weighted by Gasteiger charge is 2.26. The lowest BCUT2D eigenvalue weighted by molar-refractivity contribution is 0.607. The Morgan fingerprint density at radius 3 is 2.16 bits per heavy atom. The largest absolute Gasteiger partial charge is 0.351 e. The third-order valence-corrected chi connectivity index (χ3v) is 7.21. The van der Waals surface area contributed by atoms with Crippen molar-refractivity contribution in [1.29, 1.82) is 0 Å². The standard InChI is InChI=1S/C27H28FN9/c1-27(2,21-4-6-23(28)7-5-21)22-14-29-26(30-15-22)36-10-8-35(9-11-36)25-24-12-19(17-37(24)33-18-31-25)20-13-32-34(3)16-20/h4-7,12-18H,8-11H2,1-3H3. The Morgan fingerprint density at radius 1 is 0.784 bits per heavy atom. The van der Waals surface area contributed by atoms with Crippen molar-refractivity contribution >= 4 is 17.3 Å². The van der Waals surface area contributed by atoms with Crippen LogP contribution >= 0.6 is 0 Å². The van der Waals surface area contributed by atoms with Crippen LogP contribution in [0.4, 0.5) is 16.2 Å². The van der Waals surface area contributed by atoms with Gasteiger partial charge in [0.05, 0.1) is 6.20 Å². The van der Waals surface area contributed by atoms with Crippen LogP contribution in [-0.2, 0) is 12.5 Å². The Morgan fingerprint density at radius 2 is 1.49 bits per heavy atom. The van der Waals surface area contributed by atoms with E-state index >= 15 is 0 Å². The molecule has 5 aromatic rings. The number of halogens is 1. The molecule has 0 saturated carbocycles. The van der Waals surface area contributed by atoms with Crippen molar-refractivity contribution in [3.63, 3.8) is 0 Å². The molecule has 4 aromatic heterocycles.